The van der Waals surface area contributed by atoms with Gasteiger partial charge in [-0.1, -0.05) is 31.6 Å². The maximum atomic E-state index is 2.32. The van der Waals surface area contributed by atoms with Crippen LogP contribution in [-0.4, -0.2) is 0 Å². The van der Waals surface area contributed by atoms with Gasteiger partial charge in [-0.15, -0.1) is 0 Å². The maximum Gasteiger partial charge on any atom is -0.0265 e. The molecule has 0 saturated heterocycles. The van der Waals surface area contributed by atoms with Crippen molar-refractivity contribution in [2.75, 3.05) is 0 Å². The third-order valence-corrected chi connectivity index (χ3v) is 2.19. The Kier molecular flexibility index (Phi) is 2.70. The second-order valence-corrected chi connectivity index (χ2v) is 3.09. The quantitative estimate of drug-likeness (QED) is 0.561. The zero-order valence-corrected chi connectivity index (χ0v) is 7.65. The second kappa shape index (κ2) is 3.56. The lowest BCUT2D eigenvalue weighted by molar-refractivity contribution is 0.953. The Bertz CT molecular complexity index is 226. The molecule has 0 bridgehead atoms. The summed E-state index contributed by atoms with van der Waals surface area (Å²) in [6.07, 6.45) is 9.16. The number of unbranched alkanes of at least 4 members (excludes halogenated alkanes) is 1. The molecular formula is C11H16. The minimum absolute atomic E-state index is 1.20. The summed E-state index contributed by atoms with van der Waals surface area (Å²) in [6.45, 7) is 6.57. The summed E-state index contributed by atoms with van der Waals surface area (Å²) >= 11 is 0. The van der Waals surface area contributed by atoms with E-state index in [1.165, 1.54) is 29.6 Å². The van der Waals surface area contributed by atoms with Gasteiger partial charge < -0.3 is 0 Å². The number of allylic oxidation sites excluding steroid dienone is 6. The van der Waals surface area contributed by atoms with Gasteiger partial charge in [-0.2, -0.15) is 0 Å². The Labute approximate surface area is 69.3 Å². The molecule has 0 nitrogen and oxygen atoms in total. The van der Waals surface area contributed by atoms with Crippen LogP contribution in [0.4, 0.5) is 0 Å². The van der Waals surface area contributed by atoms with E-state index >= 15 is 0 Å². The molecule has 60 valence electrons. The van der Waals surface area contributed by atoms with Gasteiger partial charge in [-0.25, -0.2) is 0 Å². The van der Waals surface area contributed by atoms with Gasteiger partial charge in [-0.3, -0.25) is 0 Å². The van der Waals surface area contributed by atoms with Crippen LogP contribution in [0, 0.1) is 0 Å². The lowest BCUT2D eigenvalue weighted by atomic mass is 10.1. The lowest BCUT2D eigenvalue weighted by Crippen LogP contribution is -1.78. The molecule has 1 aliphatic carbocycles. The van der Waals surface area contributed by atoms with Crippen molar-refractivity contribution in [2.45, 2.75) is 33.6 Å². The fourth-order valence-electron chi connectivity index (χ4n) is 1.21. The molecule has 0 unspecified atom stereocenters. The largest absolute Gasteiger partial charge is 0.0770 e. The van der Waals surface area contributed by atoms with E-state index in [0.29, 0.717) is 0 Å². The molecule has 0 heteroatoms. The standard InChI is InChI=1S/C11H16/c1-4-5-6-11-8-7-9(2)10(11)3/h6-8H,4-5H2,1-3H3. The fourth-order valence-corrected chi connectivity index (χ4v) is 1.21. The van der Waals surface area contributed by atoms with Gasteiger partial charge in [-0.05, 0) is 37.0 Å². The van der Waals surface area contributed by atoms with Gasteiger partial charge in [0.15, 0.2) is 0 Å². The molecule has 0 amide bonds. The third-order valence-electron chi connectivity index (χ3n) is 2.19. The van der Waals surface area contributed by atoms with Crippen LogP contribution >= 0.6 is 0 Å². The van der Waals surface area contributed by atoms with E-state index in [9.17, 15) is 0 Å². The van der Waals surface area contributed by atoms with Gasteiger partial charge in [0.05, 0.1) is 0 Å². The molecule has 0 radical (unpaired) electrons. The van der Waals surface area contributed by atoms with Crippen LogP contribution in [0.5, 0.6) is 0 Å². The SMILES string of the molecule is CCCC=C1C=CC(C)=C1C. The van der Waals surface area contributed by atoms with Crippen LogP contribution in [0.25, 0.3) is 0 Å². The van der Waals surface area contributed by atoms with E-state index in [1.807, 2.05) is 0 Å². The van der Waals surface area contributed by atoms with Crippen molar-refractivity contribution in [1.29, 1.82) is 0 Å². The van der Waals surface area contributed by atoms with Gasteiger partial charge in [0.2, 0.25) is 0 Å². The van der Waals surface area contributed by atoms with Crippen molar-refractivity contribution < 1.29 is 0 Å². The summed E-state index contributed by atoms with van der Waals surface area (Å²) in [6, 6.07) is 0. The molecule has 0 N–H and O–H groups in total. The summed E-state index contributed by atoms with van der Waals surface area (Å²) in [5.41, 5.74) is 4.27. The Balaban J connectivity index is 2.71. The minimum Gasteiger partial charge on any atom is -0.0770 e. The normalized spacial score (nSPS) is 20.5. The summed E-state index contributed by atoms with van der Waals surface area (Å²) in [7, 11) is 0. The van der Waals surface area contributed by atoms with Crippen LogP contribution in [0.1, 0.15) is 33.6 Å². The van der Waals surface area contributed by atoms with Crippen molar-refractivity contribution in [2.24, 2.45) is 0 Å². The Morgan fingerprint density at radius 2 is 2.00 bits per heavy atom. The predicted molar refractivity (Wildman–Crippen MR) is 50.5 cm³/mol. The molecule has 1 aliphatic rings. The highest BCUT2D eigenvalue weighted by molar-refractivity contribution is 5.51. The molecule has 0 aliphatic heterocycles. The summed E-state index contributed by atoms with van der Waals surface area (Å²) in [4.78, 5) is 0. The smallest absolute Gasteiger partial charge is 0.0265 e. The Morgan fingerprint density at radius 3 is 2.45 bits per heavy atom. The molecular weight excluding hydrogens is 132 g/mol. The fraction of sp³-hybridized carbons (Fsp3) is 0.455. The second-order valence-electron chi connectivity index (χ2n) is 3.09. The molecule has 1 rings (SSSR count). The van der Waals surface area contributed by atoms with Gasteiger partial charge in [0.25, 0.3) is 0 Å². The number of rotatable bonds is 2. The molecule has 0 aromatic heterocycles. The van der Waals surface area contributed by atoms with E-state index in [-0.39, 0.29) is 0 Å². The van der Waals surface area contributed by atoms with Crippen molar-refractivity contribution in [3.63, 3.8) is 0 Å². The molecule has 0 aromatic carbocycles. The monoisotopic (exact) mass is 148 g/mol. The first-order chi connectivity index (χ1) is 5.25. The highest BCUT2D eigenvalue weighted by Crippen LogP contribution is 2.23. The summed E-state index contributed by atoms with van der Waals surface area (Å²) in [5.74, 6) is 0. The van der Waals surface area contributed by atoms with Crippen LogP contribution in [0.15, 0.2) is 34.9 Å². The Morgan fingerprint density at radius 1 is 1.27 bits per heavy atom. The molecule has 0 aromatic rings. The number of hydrogen-bond donors (Lipinski definition) is 0. The molecule has 0 atom stereocenters. The van der Waals surface area contributed by atoms with Gasteiger partial charge >= 0.3 is 0 Å². The van der Waals surface area contributed by atoms with Crippen molar-refractivity contribution in [1.82, 2.24) is 0 Å². The zero-order valence-electron chi connectivity index (χ0n) is 7.65. The van der Waals surface area contributed by atoms with Crippen LogP contribution in [0.2, 0.25) is 0 Å². The summed E-state index contributed by atoms with van der Waals surface area (Å²) < 4.78 is 0. The first kappa shape index (κ1) is 8.32. The minimum atomic E-state index is 1.20. The Hall–Kier alpha value is -0.780. The predicted octanol–water partition coefficient (Wildman–Crippen LogP) is 3.62. The molecule has 0 spiro atoms. The van der Waals surface area contributed by atoms with Gasteiger partial charge in [0, 0.05) is 0 Å². The topological polar surface area (TPSA) is 0 Å². The van der Waals surface area contributed by atoms with Crippen molar-refractivity contribution >= 4 is 0 Å². The van der Waals surface area contributed by atoms with E-state index < -0.39 is 0 Å². The highest BCUT2D eigenvalue weighted by atomic mass is 14.1. The van der Waals surface area contributed by atoms with E-state index in [1.54, 1.807) is 0 Å². The van der Waals surface area contributed by atoms with E-state index in [4.69, 9.17) is 0 Å². The zero-order chi connectivity index (χ0) is 8.27. The van der Waals surface area contributed by atoms with Gasteiger partial charge in [0.1, 0.15) is 0 Å². The lowest BCUT2D eigenvalue weighted by Gasteiger charge is -1.97. The average Bonchev–Trinajstić information content (AvgIpc) is 2.31. The highest BCUT2D eigenvalue weighted by Gasteiger charge is 2.04. The van der Waals surface area contributed by atoms with E-state index in [2.05, 4.69) is 39.0 Å². The van der Waals surface area contributed by atoms with Crippen LogP contribution in [0.3, 0.4) is 0 Å². The maximum absolute atomic E-state index is 2.32. The molecule has 0 heterocycles. The number of hydrogen-bond acceptors (Lipinski definition) is 0. The van der Waals surface area contributed by atoms with E-state index in [0.717, 1.165) is 0 Å². The third kappa shape index (κ3) is 1.83. The first-order valence-corrected chi connectivity index (χ1v) is 4.31. The summed E-state index contributed by atoms with van der Waals surface area (Å²) in [5, 5.41) is 0. The van der Waals surface area contributed by atoms with Crippen LogP contribution in [-0.2, 0) is 0 Å². The average molecular weight is 148 g/mol. The molecule has 0 saturated carbocycles. The molecule has 0 fully saturated rings. The molecule has 11 heavy (non-hydrogen) atoms. The van der Waals surface area contributed by atoms with Crippen LogP contribution < -0.4 is 0 Å². The van der Waals surface area contributed by atoms with Crippen molar-refractivity contribution in [3.8, 4) is 0 Å². The van der Waals surface area contributed by atoms with Crippen molar-refractivity contribution in [3.05, 3.63) is 34.9 Å². The first-order valence-electron chi connectivity index (χ1n) is 4.31.